The minimum atomic E-state index is 0.833. The van der Waals surface area contributed by atoms with E-state index in [4.69, 9.17) is 5.73 Å². The van der Waals surface area contributed by atoms with Crippen molar-refractivity contribution in [3.8, 4) is 0 Å². The number of nitrogen functional groups attached to an aromatic ring is 1. The number of rotatable bonds is 2. The number of aromatic nitrogens is 1. The monoisotopic (exact) mass is 174 g/mol. The first-order valence-corrected chi connectivity index (χ1v) is 4.67. The van der Waals surface area contributed by atoms with Gasteiger partial charge in [0.25, 0.3) is 0 Å². The maximum absolute atomic E-state index is 5.83. The first kappa shape index (κ1) is 8.17. The average Bonchev–Trinajstić information content (AvgIpc) is 2.49. The summed E-state index contributed by atoms with van der Waals surface area (Å²) in [6, 6.07) is 8.17. The molecular weight excluding hydrogens is 160 g/mol. The van der Waals surface area contributed by atoms with Gasteiger partial charge in [0.15, 0.2) is 0 Å². The van der Waals surface area contributed by atoms with E-state index in [-0.39, 0.29) is 0 Å². The molecule has 0 aliphatic rings. The molecule has 1 heterocycles. The molecule has 0 aliphatic heterocycles. The quantitative estimate of drug-likeness (QED) is 0.675. The van der Waals surface area contributed by atoms with Crippen molar-refractivity contribution in [1.29, 1.82) is 0 Å². The van der Waals surface area contributed by atoms with Crippen LogP contribution in [0.25, 0.3) is 10.9 Å². The summed E-state index contributed by atoms with van der Waals surface area (Å²) >= 11 is 0. The van der Waals surface area contributed by atoms with Crippen molar-refractivity contribution in [3.05, 3.63) is 30.0 Å². The number of nitrogens with two attached hydrogens (primary N) is 1. The fraction of sp³-hybridized carbons (Fsp3) is 0.273. The molecule has 0 radical (unpaired) electrons. The number of hydrogen-bond acceptors (Lipinski definition) is 1. The van der Waals surface area contributed by atoms with Crippen molar-refractivity contribution in [2.45, 2.75) is 19.8 Å². The van der Waals surface area contributed by atoms with Crippen LogP contribution in [0.4, 0.5) is 5.69 Å². The molecule has 0 amide bonds. The van der Waals surface area contributed by atoms with Gasteiger partial charge in [0, 0.05) is 11.1 Å². The molecule has 68 valence electrons. The van der Waals surface area contributed by atoms with Crippen LogP contribution >= 0.6 is 0 Å². The molecule has 0 atom stereocenters. The number of benzene rings is 1. The van der Waals surface area contributed by atoms with Crippen LogP contribution in [-0.2, 0) is 6.42 Å². The van der Waals surface area contributed by atoms with Crippen LogP contribution in [0.2, 0.25) is 0 Å². The average molecular weight is 174 g/mol. The van der Waals surface area contributed by atoms with Crippen LogP contribution in [0.3, 0.4) is 0 Å². The van der Waals surface area contributed by atoms with Crippen LogP contribution in [0.5, 0.6) is 0 Å². The number of aryl methyl sites for hydroxylation is 1. The minimum Gasteiger partial charge on any atom is -0.397 e. The number of para-hydroxylation sites is 1. The van der Waals surface area contributed by atoms with Crippen molar-refractivity contribution in [3.63, 3.8) is 0 Å². The molecule has 0 aliphatic carbocycles. The van der Waals surface area contributed by atoms with Gasteiger partial charge < -0.3 is 10.7 Å². The van der Waals surface area contributed by atoms with Crippen LogP contribution in [-0.4, -0.2) is 4.98 Å². The van der Waals surface area contributed by atoms with Crippen molar-refractivity contribution in [2.75, 3.05) is 5.73 Å². The van der Waals surface area contributed by atoms with Crippen molar-refractivity contribution >= 4 is 16.6 Å². The third-order valence-electron chi connectivity index (χ3n) is 2.26. The fourth-order valence-corrected chi connectivity index (χ4v) is 1.64. The van der Waals surface area contributed by atoms with E-state index in [1.54, 1.807) is 0 Å². The lowest BCUT2D eigenvalue weighted by molar-refractivity contribution is 0.896. The molecule has 13 heavy (non-hydrogen) atoms. The van der Waals surface area contributed by atoms with E-state index in [9.17, 15) is 0 Å². The molecule has 2 heteroatoms. The highest BCUT2D eigenvalue weighted by Gasteiger charge is 2.01. The first-order chi connectivity index (χ1) is 6.31. The standard InChI is InChI=1S/C11H14N2/c1-2-4-9-7-8-5-3-6-10(12)11(8)13-9/h3,5-7,13H,2,4,12H2,1H3. The molecule has 0 saturated carbocycles. The lowest BCUT2D eigenvalue weighted by atomic mass is 10.2. The van der Waals surface area contributed by atoms with Crippen LogP contribution in [0.15, 0.2) is 24.3 Å². The van der Waals surface area contributed by atoms with Crippen molar-refractivity contribution in [1.82, 2.24) is 4.98 Å². The van der Waals surface area contributed by atoms with Gasteiger partial charge in [-0.15, -0.1) is 0 Å². The van der Waals surface area contributed by atoms with E-state index in [0.717, 1.165) is 24.0 Å². The van der Waals surface area contributed by atoms with Gasteiger partial charge in [-0.05, 0) is 18.6 Å². The molecule has 2 nitrogen and oxygen atoms in total. The van der Waals surface area contributed by atoms with Gasteiger partial charge in [0.05, 0.1) is 11.2 Å². The molecule has 0 unspecified atom stereocenters. The Morgan fingerprint density at radius 2 is 2.23 bits per heavy atom. The van der Waals surface area contributed by atoms with E-state index in [1.807, 2.05) is 12.1 Å². The summed E-state index contributed by atoms with van der Waals surface area (Å²) in [5.74, 6) is 0. The van der Waals surface area contributed by atoms with Gasteiger partial charge in [-0.25, -0.2) is 0 Å². The molecule has 0 fully saturated rings. The Morgan fingerprint density at radius 3 is 2.92 bits per heavy atom. The maximum Gasteiger partial charge on any atom is 0.0689 e. The van der Waals surface area contributed by atoms with Gasteiger partial charge in [-0.3, -0.25) is 0 Å². The summed E-state index contributed by atoms with van der Waals surface area (Å²) in [5.41, 5.74) is 9.02. The third kappa shape index (κ3) is 1.39. The summed E-state index contributed by atoms with van der Waals surface area (Å²) in [4.78, 5) is 3.34. The van der Waals surface area contributed by atoms with Gasteiger partial charge in [0.2, 0.25) is 0 Å². The Hall–Kier alpha value is -1.44. The zero-order chi connectivity index (χ0) is 9.26. The van der Waals surface area contributed by atoms with E-state index in [2.05, 4.69) is 24.0 Å². The SMILES string of the molecule is CCCc1cc2cccc(N)c2[nH]1. The lowest BCUT2D eigenvalue weighted by Crippen LogP contribution is -1.86. The molecule has 1 aromatic carbocycles. The number of anilines is 1. The number of H-pyrrole nitrogens is 1. The van der Waals surface area contributed by atoms with Gasteiger partial charge in [0.1, 0.15) is 0 Å². The van der Waals surface area contributed by atoms with Crippen LogP contribution < -0.4 is 5.73 Å². The van der Waals surface area contributed by atoms with Gasteiger partial charge >= 0.3 is 0 Å². The second kappa shape index (κ2) is 3.13. The second-order valence-electron chi connectivity index (χ2n) is 3.36. The summed E-state index contributed by atoms with van der Waals surface area (Å²) in [6.07, 6.45) is 2.25. The summed E-state index contributed by atoms with van der Waals surface area (Å²) in [7, 11) is 0. The van der Waals surface area contributed by atoms with E-state index < -0.39 is 0 Å². The number of fused-ring (bicyclic) bond motifs is 1. The number of aromatic amines is 1. The predicted molar refractivity (Wildman–Crippen MR) is 56.7 cm³/mol. The third-order valence-corrected chi connectivity index (χ3v) is 2.26. The van der Waals surface area contributed by atoms with E-state index in [0.29, 0.717) is 0 Å². The number of hydrogen-bond donors (Lipinski definition) is 2. The Bertz CT molecular complexity index is 415. The zero-order valence-corrected chi connectivity index (χ0v) is 7.80. The Balaban J connectivity index is 2.55. The smallest absolute Gasteiger partial charge is 0.0689 e. The Kier molecular flexibility index (Phi) is 1.97. The largest absolute Gasteiger partial charge is 0.397 e. The second-order valence-corrected chi connectivity index (χ2v) is 3.36. The van der Waals surface area contributed by atoms with E-state index in [1.165, 1.54) is 11.1 Å². The molecule has 1 aromatic heterocycles. The zero-order valence-electron chi connectivity index (χ0n) is 7.80. The number of nitrogens with one attached hydrogen (secondary N) is 1. The fourth-order valence-electron chi connectivity index (χ4n) is 1.64. The maximum atomic E-state index is 5.83. The molecule has 2 rings (SSSR count). The molecular formula is C11H14N2. The van der Waals surface area contributed by atoms with Gasteiger partial charge in [-0.1, -0.05) is 25.5 Å². The van der Waals surface area contributed by atoms with Crippen molar-refractivity contribution in [2.24, 2.45) is 0 Å². The summed E-state index contributed by atoms with van der Waals surface area (Å²) in [5, 5.41) is 1.21. The Labute approximate surface area is 77.8 Å². The summed E-state index contributed by atoms with van der Waals surface area (Å²) in [6.45, 7) is 2.18. The molecule has 2 aromatic rings. The van der Waals surface area contributed by atoms with Crippen molar-refractivity contribution < 1.29 is 0 Å². The minimum absolute atomic E-state index is 0.833. The first-order valence-electron chi connectivity index (χ1n) is 4.67. The highest BCUT2D eigenvalue weighted by atomic mass is 14.7. The van der Waals surface area contributed by atoms with Crippen LogP contribution in [0, 0.1) is 0 Å². The molecule has 0 spiro atoms. The highest BCUT2D eigenvalue weighted by Crippen LogP contribution is 2.21. The van der Waals surface area contributed by atoms with Crippen LogP contribution in [0.1, 0.15) is 19.0 Å². The lowest BCUT2D eigenvalue weighted by Gasteiger charge is -1.94. The van der Waals surface area contributed by atoms with E-state index >= 15 is 0 Å². The normalized spacial score (nSPS) is 10.8. The van der Waals surface area contributed by atoms with Gasteiger partial charge in [-0.2, -0.15) is 0 Å². The highest BCUT2D eigenvalue weighted by molar-refractivity contribution is 5.90. The molecule has 0 saturated heterocycles. The summed E-state index contributed by atoms with van der Waals surface area (Å²) < 4.78 is 0. The predicted octanol–water partition coefficient (Wildman–Crippen LogP) is 2.70. The molecule has 0 bridgehead atoms. The topological polar surface area (TPSA) is 41.8 Å². The Morgan fingerprint density at radius 1 is 1.38 bits per heavy atom. The molecule has 3 N–H and O–H groups in total.